The number of hydrogen-bond acceptors (Lipinski definition) is 8. The van der Waals surface area contributed by atoms with Crippen LogP contribution in [0.25, 0.3) is 0 Å². The summed E-state index contributed by atoms with van der Waals surface area (Å²) < 4.78 is 0. The van der Waals surface area contributed by atoms with Crippen LogP contribution in [0.5, 0.6) is 0 Å². The molecule has 1 fully saturated rings. The van der Waals surface area contributed by atoms with Gasteiger partial charge in [-0.05, 0) is 32.9 Å². The third-order valence-corrected chi connectivity index (χ3v) is 5.93. The van der Waals surface area contributed by atoms with E-state index in [0.717, 1.165) is 54.8 Å². The normalized spacial score (nSPS) is 16.2. The fraction of sp³-hybridized carbons (Fsp3) is 0.412. The molecule has 0 bridgehead atoms. The Kier molecular flexibility index (Phi) is 5.00. The zero-order chi connectivity index (χ0) is 17.1. The van der Waals surface area contributed by atoms with Crippen molar-refractivity contribution in [1.82, 2.24) is 24.8 Å². The van der Waals surface area contributed by atoms with E-state index in [1.54, 1.807) is 35.1 Å². The second-order valence-electron chi connectivity index (χ2n) is 6.24. The number of aromatic nitrogens is 4. The molecule has 8 heteroatoms. The van der Waals surface area contributed by atoms with Gasteiger partial charge in [-0.25, -0.2) is 15.0 Å². The van der Waals surface area contributed by atoms with E-state index >= 15 is 0 Å². The van der Waals surface area contributed by atoms with Gasteiger partial charge in [-0.3, -0.25) is 9.88 Å². The molecule has 3 aromatic rings. The first-order chi connectivity index (χ1) is 12.3. The molecule has 0 atom stereocenters. The zero-order valence-corrected chi connectivity index (χ0v) is 15.7. The van der Waals surface area contributed by atoms with Gasteiger partial charge < -0.3 is 5.32 Å². The first-order valence-corrected chi connectivity index (χ1v) is 10.2. The van der Waals surface area contributed by atoms with Gasteiger partial charge in [-0.15, -0.1) is 22.7 Å². The number of rotatable bonds is 5. The Bertz CT molecular complexity index is 808. The quantitative estimate of drug-likeness (QED) is 0.734. The van der Waals surface area contributed by atoms with Crippen LogP contribution in [0, 0.1) is 6.92 Å². The van der Waals surface area contributed by atoms with Gasteiger partial charge in [0, 0.05) is 35.6 Å². The molecule has 1 N–H and O–H groups in total. The van der Waals surface area contributed by atoms with Crippen molar-refractivity contribution in [3.05, 3.63) is 45.7 Å². The van der Waals surface area contributed by atoms with E-state index in [0.29, 0.717) is 5.92 Å². The molecule has 3 aromatic heterocycles. The Morgan fingerprint density at radius 3 is 2.72 bits per heavy atom. The van der Waals surface area contributed by atoms with E-state index in [2.05, 4.69) is 35.5 Å². The average molecular weight is 373 g/mol. The highest BCUT2D eigenvalue weighted by Crippen LogP contribution is 2.32. The fourth-order valence-corrected chi connectivity index (χ4v) is 4.40. The number of thiazole rings is 2. The SMILES string of the molecule is Cc1csc(Nc2nccnc2C2CCN(Cc3cscn3)CC2)n1. The van der Waals surface area contributed by atoms with Crippen molar-refractivity contribution in [2.45, 2.75) is 32.2 Å². The predicted molar refractivity (Wildman–Crippen MR) is 102 cm³/mol. The van der Waals surface area contributed by atoms with Crippen LogP contribution in [0.1, 0.15) is 35.8 Å². The number of aryl methyl sites for hydroxylation is 1. The molecule has 130 valence electrons. The highest BCUT2D eigenvalue weighted by atomic mass is 32.1. The third kappa shape index (κ3) is 4.02. The van der Waals surface area contributed by atoms with Crippen LogP contribution in [0.4, 0.5) is 10.9 Å². The largest absolute Gasteiger partial charge is 0.315 e. The molecule has 4 heterocycles. The Labute approximate surface area is 155 Å². The second-order valence-corrected chi connectivity index (χ2v) is 7.82. The smallest absolute Gasteiger partial charge is 0.188 e. The molecule has 0 spiro atoms. The maximum absolute atomic E-state index is 4.63. The molecule has 1 aliphatic heterocycles. The van der Waals surface area contributed by atoms with Crippen molar-refractivity contribution in [2.75, 3.05) is 18.4 Å². The van der Waals surface area contributed by atoms with Crippen molar-refractivity contribution in [2.24, 2.45) is 0 Å². The number of piperidine rings is 1. The monoisotopic (exact) mass is 372 g/mol. The minimum absolute atomic E-state index is 0.434. The Morgan fingerprint density at radius 1 is 1.16 bits per heavy atom. The van der Waals surface area contributed by atoms with Gasteiger partial charge in [0.1, 0.15) is 0 Å². The molecular formula is C17H20N6S2. The molecule has 1 aliphatic rings. The lowest BCUT2D eigenvalue weighted by atomic mass is 9.93. The topological polar surface area (TPSA) is 66.8 Å². The molecule has 0 radical (unpaired) electrons. The van der Waals surface area contributed by atoms with E-state index in [9.17, 15) is 0 Å². The molecule has 25 heavy (non-hydrogen) atoms. The lowest BCUT2D eigenvalue weighted by Gasteiger charge is -2.31. The Hall–Kier alpha value is -1.90. The molecule has 4 rings (SSSR count). The van der Waals surface area contributed by atoms with Crippen LogP contribution in [0.2, 0.25) is 0 Å². The second kappa shape index (κ2) is 7.55. The number of hydrogen-bond donors (Lipinski definition) is 1. The lowest BCUT2D eigenvalue weighted by Crippen LogP contribution is -2.33. The number of nitrogens with one attached hydrogen (secondary N) is 1. The van der Waals surface area contributed by atoms with E-state index < -0.39 is 0 Å². The summed E-state index contributed by atoms with van der Waals surface area (Å²) >= 11 is 3.26. The van der Waals surface area contributed by atoms with Gasteiger partial charge in [0.05, 0.1) is 22.6 Å². The van der Waals surface area contributed by atoms with Crippen LogP contribution in [0.15, 0.2) is 28.7 Å². The predicted octanol–water partition coefficient (Wildman–Crippen LogP) is 3.82. The molecule has 1 saturated heterocycles. The van der Waals surface area contributed by atoms with E-state index in [1.807, 2.05) is 17.8 Å². The maximum Gasteiger partial charge on any atom is 0.188 e. The molecular weight excluding hydrogens is 352 g/mol. The van der Waals surface area contributed by atoms with Gasteiger partial charge in [-0.2, -0.15) is 0 Å². The fourth-order valence-electron chi connectivity index (χ4n) is 3.17. The van der Waals surface area contributed by atoms with E-state index in [-0.39, 0.29) is 0 Å². The van der Waals surface area contributed by atoms with Gasteiger partial charge in [0.2, 0.25) is 0 Å². The van der Waals surface area contributed by atoms with Crippen LogP contribution >= 0.6 is 22.7 Å². The number of anilines is 2. The minimum atomic E-state index is 0.434. The highest BCUT2D eigenvalue weighted by Gasteiger charge is 2.24. The molecule has 0 aromatic carbocycles. The van der Waals surface area contributed by atoms with Gasteiger partial charge in [0.15, 0.2) is 10.9 Å². The maximum atomic E-state index is 4.63. The van der Waals surface area contributed by atoms with Gasteiger partial charge in [0.25, 0.3) is 0 Å². The summed E-state index contributed by atoms with van der Waals surface area (Å²) in [7, 11) is 0. The standard InChI is InChI=1S/C17H20N6S2/c1-12-9-25-17(21-12)22-16-15(18-4-5-19-16)13-2-6-23(7-3-13)8-14-10-24-11-20-14/h4-5,9-11,13H,2-3,6-8H2,1H3,(H,19,21,22). The number of nitrogens with zero attached hydrogens (tertiary/aromatic N) is 5. The van der Waals surface area contributed by atoms with E-state index in [1.165, 1.54) is 5.69 Å². The Morgan fingerprint density at radius 2 is 2.00 bits per heavy atom. The van der Waals surface area contributed by atoms with Gasteiger partial charge >= 0.3 is 0 Å². The van der Waals surface area contributed by atoms with Crippen molar-refractivity contribution in [3.63, 3.8) is 0 Å². The van der Waals surface area contributed by atoms with Crippen LogP contribution in [-0.4, -0.2) is 37.9 Å². The highest BCUT2D eigenvalue weighted by molar-refractivity contribution is 7.13. The first-order valence-electron chi connectivity index (χ1n) is 8.37. The summed E-state index contributed by atoms with van der Waals surface area (Å²) in [6, 6.07) is 0. The summed E-state index contributed by atoms with van der Waals surface area (Å²) in [5.41, 5.74) is 5.15. The average Bonchev–Trinajstić information content (AvgIpc) is 3.28. The van der Waals surface area contributed by atoms with Crippen LogP contribution in [0.3, 0.4) is 0 Å². The van der Waals surface area contributed by atoms with Crippen molar-refractivity contribution >= 4 is 33.6 Å². The molecule has 0 aliphatic carbocycles. The zero-order valence-electron chi connectivity index (χ0n) is 14.1. The third-order valence-electron chi connectivity index (χ3n) is 4.41. The van der Waals surface area contributed by atoms with Gasteiger partial charge in [-0.1, -0.05) is 0 Å². The van der Waals surface area contributed by atoms with Crippen molar-refractivity contribution in [1.29, 1.82) is 0 Å². The van der Waals surface area contributed by atoms with Crippen molar-refractivity contribution < 1.29 is 0 Å². The molecule has 0 unspecified atom stereocenters. The summed E-state index contributed by atoms with van der Waals surface area (Å²) in [6.45, 7) is 5.07. The summed E-state index contributed by atoms with van der Waals surface area (Å²) in [5, 5.41) is 8.39. The molecule has 0 saturated carbocycles. The first kappa shape index (κ1) is 16.6. The van der Waals surface area contributed by atoms with Crippen LogP contribution in [-0.2, 0) is 6.54 Å². The Balaban J connectivity index is 1.42. The summed E-state index contributed by atoms with van der Waals surface area (Å²) in [4.78, 5) is 20.5. The van der Waals surface area contributed by atoms with Crippen molar-refractivity contribution in [3.8, 4) is 0 Å². The van der Waals surface area contributed by atoms with E-state index in [4.69, 9.17) is 0 Å². The molecule has 6 nitrogen and oxygen atoms in total. The van der Waals surface area contributed by atoms with Crippen LogP contribution < -0.4 is 5.32 Å². The summed E-state index contributed by atoms with van der Waals surface area (Å²) in [5.74, 6) is 1.28. The summed E-state index contributed by atoms with van der Waals surface area (Å²) in [6.07, 6.45) is 5.71. The minimum Gasteiger partial charge on any atom is -0.315 e. The molecule has 0 amide bonds. The number of likely N-dealkylation sites (tertiary alicyclic amines) is 1. The lowest BCUT2D eigenvalue weighted by molar-refractivity contribution is 0.201.